The standard InChI is InChI=1S/C51H36N4O2/c1-3-14-31(15-4-1)49-52-50(32-16-5-2-6-17-32)54-51(53-49)33-28-29-43-39(30-33)46-36(20-12-26-44(46)56-43)37-21-11-22-38-47-42(25-13-27-45(47)57-48(37)38)55-40-23-9-7-18-34(40)35-19-8-10-24-41(35)55/h1-5,7-12,14-16,18-26,28-30,49H,6,13,17,27H2,(H,52,53,54). The number of hydrogen-bond acceptors (Lipinski definition) is 5. The molecule has 272 valence electrons. The summed E-state index contributed by atoms with van der Waals surface area (Å²) in [4.78, 5) is 10.3. The molecule has 1 atom stereocenters. The number of allylic oxidation sites excluding steroid dienone is 4. The molecule has 1 aliphatic heterocycles. The molecular formula is C51H36N4O2. The van der Waals surface area contributed by atoms with E-state index in [9.17, 15) is 0 Å². The van der Waals surface area contributed by atoms with Crippen molar-refractivity contribution in [3.63, 3.8) is 0 Å². The molecule has 1 unspecified atom stereocenters. The second kappa shape index (κ2) is 12.7. The van der Waals surface area contributed by atoms with E-state index >= 15 is 0 Å². The van der Waals surface area contributed by atoms with E-state index in [2.05, 4.69) is 162 Å². The lowest BCUT2D eigenvalue weighted by Crippen LogP contribution is -2.34. The van der Waals surface area contributed by atoms with Crippen LogP contribution in [0.25, 0.3) is 71.5 Å². The maximum atomic E-state index is 6.97. The number of aliphatic imine (C=N–C) groups is 2. The molecule has 57 heavy (non-hydrogen) atoms. The van der Waals surface area contributed by atoms with E-state index in [1.165, 1.54) is 38.6 Å². The molecule has 1 N–H and O–H groups in total. The first-order valence-corrected chi connectivity index (χ1v) is 19.8. The number of hydrogen-bond donors (Lipinski definition) is 1. The minimum absolute atomic E-state index is 0.253. The molecule has 3 aromatic heterocycles. The van der Waals surface area contributed by atoms with Crippen molar-refractivity contribution >= 4 is 72.1 Å². The number of aromatic nitrogens is 1. The Hall–Kier alpha value is -7.18. The number of benzene rings is 6. The van der Waals surface area contributed by atoms with Gasteiger partial charge in [0, 0.05) is 50.0 Å². The van der Waals surface area contributed by atoms with Crippen molar-refractivity contribution in [1.82, 2.24) is 9.88 Å². The van der Waals surface area contributed by atoms with Crippen LogP contribution < -0.4 is 5.32 Å². The summed E-state index contributed by atoms with van der Waals surface area (Å²) in [6.45, 7) is 0. The molecule has 0 amide bonds. The van der Waals surface area contributed by atoms with Crippen LogP contribution in [0.5, 0.6) is 0 Å². The Morgan fingerprint density at radius 1 is 0.649 bits per heavy atom. The number of rotatable bonds is 5. The quantitative estimate of drug-likeness (QED) is 0.191. The van der Waals surface area contributed by atoms with Crippen molar-refractivity contribution in [2.75, 3.05) is 0 Å². The van der Waals surface area contributed by atoms with Gasteiger partial charge in [0.1, 0.15) is 34.5 Å². The van der Waals surface area contributed by atoms with Crippen molar-refractivity contribution in [2.24, 2.45) is 9.98 Å². The van der Waals surface area contributed by atoms with Crippen LogP contribution >= 0.6 is 0 Å². The van der Waals surface area contributed by atoms with E-state index in [4.69, 9.17) is 18.8 Å². The molecule has 0 radical (unpaired) electrons. The van der Waals surface area contributed by atoms with Gasteiger partial charge in [-0.1, -0.05) is 121 Å². The summed E-state index contributed by atoms with van der Waals surface area (Å²) in [6.07, 6.45) is 12.3. The average Bonchev–Trinajstić information content (AvgIpc) is 3.96. The van der Waals surface area contributed by atoms with Gasteiger partial charge in [-0.25, -0.2) is 9.98 Å². The largest absolute Gasteiger partial charge is 0.460 e. The normalized spacial score (nSPS) is 16.8. The van der Waals surface area contributed by atoms with Gasteiger partial charge in [0.25, 0.3) is 0 Å². The van der Waals surface area contributed by atoms with Gasteiger partial charge in [0.15, 0.2) is 5.84 Å². The number of aryl methyl sites for hydroxylation is 1. The minimum Gasteiger partial charge on any atom is -0.460 e. The van der Waals surface area contributed by atoms with Crippen molar-refractivity contribution in [1.29, 1.82) is 0 Å². The molecule has 0 spiro atoms. The zero-order chi connectivity index (χ0) is 37.5. The maximum absolute atomic E-state index is 6.97. The van der Waals surface area contributed by atoms with Gasteiger partial charge in [-0.3, -0.25) is 0 Å². The third-order valence-electron chi connectivity index (χ3n) is 11.8. The SMILES string of the molecule is C1=CCCC(C2=NC(c3ccc4oc5cccc(-c6cccc7c8c(oc67)CCC=C8n6c7ccccc7c7ccccc76)c5c4c3)=NC(c3ccccc3)N2)=C1. The second-order valence-electron chi connectivity index (χ2n) is 15.1. The molecule has 9 aromatic rings. The number of nitrogens with one attached hydrogen (secondary N) is 1. The van der Waals surface area contributed by atoms with Crippen LogP contribution in [-0.4, -0.2) is 16.2 Å². The molecule has 2 aliphatic carbocycles. The summed E-state index contributed by atoms with van der Waals surface area (Å²) in [7, 11) is 0. The Morgan fingerprint density at radius 2 is 1.42 bits per heavy atom. The van der Waals surface area contributed by atoms with E-state index in [1.807, 2.05) is 6.07 Å². The Labute approximate surface area is 328 Å². The molecular weight excluding hydrogens is 701 g/mol. The molecule has 3 aliphatic rings. The van der Waals surface area contributed by atoms with E-state index in [0.717, 1.165) is 92.4 Å². The summed E-state index contributed by atoms with van der Waals surface area (Å²) in [5.41, 5.74) is 12.6. The Balaban J connectivity index is 1.02. The van der Waals surface area contributed by atoms with Crippen molar-refractivity contribution in [3.05, 3.63) is 186 Å². The lowest BCUT2D eigenvalue weighted by atomic mass is 9.94. The van der Waals surface area contributed by atoms with Crippen LogP contribution in [0.1, 0.15) is 47.9 Å². The lowest BCUT2D eigenvalue weighted by molar-refractivity contribution is 0.545. The van der Waals surface area contributed by atoms with Crippen LogP contribution in [-0.2, 0) is 6.42 Å². The molecule has 6 aromatic carbocycles. The van der Waals surface area contributed by atoms with Gasteiger partial charge in [0.2, 0.25) is 0 Å². The number of amidine groups is 2. The van der Waals surface area contributed by atoms with Gasteiger partial charge in [-0.15, -0.1) is 0 Å². The van der Waals surface area contributed by atoms with Crippen molar-refractivity contribution < 1.29 is 8.83 Å². The topological polar surface area (TPSA) is 68.0 Å². The van der Waals surface area contributed by atoms with Crippen LogP contribution in [0, 0.1) is 0 Å². The lowest BCUT2D eigenvalue weighted by Gasteiger charge is -2.25. The van der Waals surface area contributed by atoms with Crippen LogP contribution in [0.3, 0.4) is 0 Å². The summed E-state index contributed by atoms with van der Waals surface area (Å²) < 4.78 is 16.0. The van der Waals surface area contributed by atoms with E-state index in [0.29, 0.717) is 5.84 Å². The third-order valence-corrected chi connectivity index (χ3v) is 11.8. The fourth-order valence-electron chi connectivity index (χ4n) is 9.20. The Kier molecular flexibility index (Phi) is 7.14. The van der Waals surface area contributed by atoms with Gasteiger partial charge in [0.05, 0.1) is 16.7 Å². The number of fused-ring (bicyclic) bond motifs is 9. The fraction of sp³-hybridized carbons (Fsp3) is 0.0980. The molecule has 4 heterocycles. The number of para-hydroxylation sites is 3. The maximum Gasteiger partial charge on any atom is 0.159 e. The van der Waals surface area contributed by atoms with Gasteiger partial charge < -0.3 is 18.7 Å². The van der Waals surface area contributed by atoms with Gasteiger partial charge >= 0.3 is 0 Å². The summed E-state index contributed by atoms with van der Waals surface area (Å²) in [6, 6.07) is 47.0. The minimum atomic E-state index is -0.253. The molecule has 6 nitrogen and oxygen atoms in total. The molecule has 0 saturated carbocycles. The highest BCUT2D eigenvalue weighted by Crippen LogP contribution is 2.45. The van der Waals surface area contributed by atoms with Gasteiger partial charge in [-0.2, -0.15) is 0 Å². The highest BCUT2D eigenvalue weighted by Gasteiger charge is 2.28. The molecule has 12 rings (SSSR count). The van der Waals surface area contributed by atoms with Crippen molar-refractivity contribution in [3.8, 4) is 11.1 Å². The first-order chi connectivity index (χ1) is 28.3. The van der Waals surface area contributed by atoms with E-state index in [-0.39, 0.29) is 6.17 Å². The highest BCUT2D eigenvalue weighted by atomic mass is 16.3. The molecule has 0 bridgehead atoms. The van der Waals surface area contributed by atoms with Gasteiger partial charge in [-0.05, 0) is 72.4 Å². The monoisotopic (exact) mass is 736 g/mol. The van der Waals surface area contributed by atoms with Crippen LogP contribution in [0.4, 0.5) is 0 Å². The summed E-state index contributed by atoms with van der Waals surface area (Å²) in [5.74, 6) is 2.60. The number of nitrogens with zero attached hydrogens (tertiary/aromatic N) is 3. The Bertz CT molecular complexity index is 3220. The average molecular weight is 737 g/mol. The second-order valence-corrected chi connectivity index (χ2v) is 15.1. The predicted molar refractivity (Wildman–Crippen MR) is 233 cm³/mol. The Morgan fingerprint density at radius 3 is 2.25 bits per heavy atom. The third kappa shape index (κ3) is 5.03. The van der Waals surface area contributed by atoms with E-state index in [1.54, 1.807) is 0 Å². The zero-order valence-electron chi connectivity index (χ0n) is 31.1. The number of furan rings is 2. The predicted octanol–water partition coefficient (Wildman–Crippen LogP) is 12.7. The zero-order valence-corrected chi connectivity index (χ0v) is 31.1. The van der Waals surface area contributed by atoms with Crippen molar-refractivity contribution in [2.45, 2.75) is 31.8 Å². The highest BCUT2D eigenvalue weighted by molar-refractivity contribution is 6.19. The molecule has 6 heteroatoms. The molecule has 0 fully saturated rings. The first-order valence-electron chi connectivity index (χ1n) is 19.8. The molecule has 0 saturated heterocycles. The van der Waals surface area contributed by atoms with E-state index < -0.39 is 0 Å². The van der Waals surface area contributed by atoms with Crippen LogP contribution in [0.15, 0.2) is 182 Å². The van der Waals surface area contributed by atoms with Crippen LogP contribution in [0.2, 0.25) is 0 Å². The first kappa shape index (κ1) is 32.1. The summed E-state index contributed by atoms with van der Waals surface area (Å²) in [5, 5.41) is 9.32. The smallest absolute Gasteiger partial charge is 0.159 e. The fourth-order valence-corrected chi connectivity index (χ4v) is 9.20. The summed E-state index contributed by atoms with van der Waals surface area (Å²) >= 11 is 0.